The predicted octanol–water partition coefficient (Wildman–Crippen LogP) is 1.66. The molecule has 1 aromatic carbocycles. The van der Waals surface area contributed by atoms with Crippen molar-refractivity contribution in [3.63, 3.8) is 0 Å². The van der Waals surface area contributed by atoms with Crippen molar-refractivity contribution in [1.29, 1.82) is 0 Å². The van der Waals surface area contributed by atoms with Gasteiger partial charge in [0, 0.05) is 11.0 Å². The zero-order valence-electron chi connectivity index (χ0n) is 13.0. The van der Waals surface area contributed by atoms with E-state index in [-0.39, 0.29) is 17.7 Å². The Morgan fingerprint density at radius 1 is 1.25 bits per heavy atom. The van der Waals surface area contributed by atoms with E-state index in [4.69, 9.17) is 5.11 Å². The summed E-state index contributed by atoms with van der Waals surface area (Å²) in [5.74, 6) is -3.29. The van der Waals surface area contributed by atoms with Crippen LogP contribution in [0.25, 0.3) is 0 Å². The summed E-state index contributed by atoms with van der Waals surface area (Å²) in [7, 11) is 0. The van der Waals surface area contributed by atoms with Crippen molar-refractivity contribution in [1.82, 2.24) is 10.2 Å². The average molecular weight is 397 g/mol. The minimum atomic E-state index is -0.984. The monoisotopic (exact) mass is 396 g/mol. The normalized spacial score (nSPS) is 14.5. The fraction of sp³-hybridized carbons (Fsp3) is 0.375. The Kier molecular flexibility index (Phi) is 5.71. The topological polar surface area (TPSA) is 104 Å². The Labute approximate surface area is 147 Å². The fourth-order valence-corrected chi connectivity index (χ4v) is 2.87. The Morgan fingerprint density at radius 2 is 1.92 bits per heavy atom. The summed E-state index contributed by atoms with van der Waals surface area (Å²) in [6, 6.07) is 4.71. The van der Waals surface area contributed by atoms with Crippen LogP contribution >= 0.6 is 15.9 Å². The highest BCUT2D eigenvalue weighted by Crippen LogP contribution is 2.25. The van der Waals surface area contributed by atoms with E-state index in [0.29, 0.717) is 17.3 Å². The maximum absolute atomic E-state index is 12.3. The highest BCUT2D eigenvalue weighted by Gasteiger charge is 2.36. The zero-order valence-corrected chi connectivity index (χ0v) is 14.6. The molecule has 3 amide bonds. The molecule has 0 bridgehead atoms. The molecule has 0 radical (unpaired) electrons. The summed E-state index contributed by atoms with van der Waals surface area (Å²) >= 11 is 3.24. The smallest absolute Gasteiger partial charge is 0.308 e. The minimum Gasteiger partial charge on any atom is -0.481 e. The first kappa shape index (κ1) is 18.1. The molecule has 0 aromatic heterocycles. The van der Waals surface area contributed by atoms with Crippen molar-refractivity contribution in [2.75, 3.05) is 13.1 Å². The second kappa shape index (κ2) is 7.57. The van der Waals surface area contributed by atoms with E-state index in [0.717, 1.165) is 4.90 Å². The third kappa shape index (κ3) is 3.81. The predicted molar refractivity (Wildman–Crippen MR) is 88.6 cm³/mol. The van der Waals surface area contributed by atoms with Gasteiger partial charge < -0.3 is 10.4 Å². The molecule has 1 unspecified atom stereocenters. The van der Waals surface area contributed by atoms with Crippen LogP contribution in [0.3, 0.4) is 0 Å². The first-order chi connectivity index (χ1) is 11.3. The van der Waals surface area contributed by atoms with Gasteiger partial charge in [-0.15, -0.1) is 0 Å². The second-order valence-corrected chi connectivity index (χ2v) is 6.43. The number of amides is 3. The number of aliphatic carboxylic acids is 1. The minimum absolute atomic E-state index is 0.0310. The highest BCUT2D eigenvalue weighted by molar-refractivity contribution is 9.10. The molecule has 1 aliphatic rings. The van der Waals surface area contributed by atoms with E-state index in [1.54, 1.807) is 6.07 Å². The first-order valence-corrected chi connectivity index (χ1v) is 8.29. The van der Waals surface area contributed by atoms with Gasteiger partial charge in [-0.25, -0.2) is 0 Å². The van der Waals surface area contributed by atoms with Gasteiger partial charge in [-0.2, -0.15) is 0 Å². The van der Waals surface area contributed by atoms with Gasteiger partial charge in [-0.1, -0.05) is 29.3 Å². The zero-order chi connectivity index (χ0) is 17.9. The SMILES string of the molecule is CCCC(CNC(=O)CN1C(=O)c2ccc(Br)cc2C1=O)C(=O)O. The number of nitrogens with zero attached hydrogens (tertiary/aromatic N) is 1. The Bertz CT molecular complexity index is 704. The van der Waals surface area contributed by atoms with Gasteiger partial charge in [0.15, 0.2) is 0 Å². The number of carbonyl (C=O) groups is 4. The third-order valence-corrected chi connectivity index (χ3v) is 4.26. The molecule has 1 atom stereocenters. The Hall–Kier alpha value is -2.22. The summed E-state index contributed by atoms with van der Waals surface area (Å²) in [6.07, 6.45) is 1.12. The summed E-state index contributed by atoms with van der Waals surface area (Å²) < 4.78 is 0.664. The van der Waals surface area contributed by atoms with E-state index in [1.807, 2.05) is 6.92 Å². The third-order valence-electron chi connectivity index (χ3n) is 3.77. The molecule has 0 saturated heterocycles. The lowest BCUT2D eigenvalue weighted by Crippen LogP contribution is -2.42. The number of hydrogen-bond acceptors (Lipinski definition) is 4. The van der Waals surface area contributed by atoms with Gasteiger partial charge in [0.2, 0.25) is 5.91 Å². The van der Waals surface area contributed by atoms with E-state index in [2.05, 4.69) is 21.2 Å². The number of carboxylic acids is 1. The molecule has 7 nitrogen and oxygen atoms in total. The van der Waals surface area contributed by atoms with Crippen molar-refractivity contribution in [3.8, 4) is 0 Å². The van der Waals surface area contributed by atoms with E-state index < -0.39 is 36.2 Å². The lowest BCUT2D eigenvalue weighted by Gasteiger charge is -2.16. The molecule has 0 aliphatic carbocycles. The van der Waals surface area contributed by atoms with Crippen LogP contribution in [0.5, 0.6) is 0 Å². The molecule has 128 valence electrons. The molecule has 2 rings (SSSR count). The van der Waals surface area contributed by atoms with Crippen LogP contribution < -0.4 is 5.32 Å². The molecule has 0 spiro atoms. The number of benzene rings is 1. The van der Waals surface area contributed by atoms with Crippen molar-refractivity contribution in [2.24, 2.45) is 5.92 Å². The number of imide groups is 1. The number of rotatable bonds is 7. The van der Waals surface area contributed by atoms with Crippen molar-refractivity contribution >= 4 is 39.6 Å². The van der Waals surface area contributed by atoms with Crippen LogP contribution in [0.2, 0.25) is 0 Å². The standard InChI is InChI=1S/C16H17BrN2O5/c1-2-3-9(16(23)24)7-18-13(20)8-19-14(21)11-5-4-10(17)6-12(11)15(19)22/h4-6,9H,2-3,7-8H2,1H3,(H,18,20)(H,23,24). The van der Waals surface area contributed by atoms with E-state index in [1.165, 1.54) is 12.1 Å². The highest BCUT2D eigenvalue weighted by atomic mass is 79.9. The first-order valence-electron chi connectivity index (χ1n) is 7.50. The molecule has 1 aliphatic heterocycles. The molecule has 24 heavy (non-hydrogen) atoms. The van der Waals surface area contributed by atoms with Crippen LogP contribution in [-0.2, 0) is 9.59 Å². The van der Waals surface area contributed by atoms with E-state index >= 15 is 0 Å². The van der Waals surface area contributed by atoms with Crippen LogP contribution in [0.1, 0.15) is 40.5 Å². The van der Waals surface area contributed by atoms with E-state index in [9.17, 15) is 19.2 Å². The number of hydrogen-bond donors (Lipinski definition) is 2. The van der Waals surface area contributed by atoms with Crippen LogP contribution in [0, 0.1) is 5.92 Å². The van der Waals surface area contributed by atoms with Gasteiger partial charge in [-0.05, 0) is 24.6 Å². The summed E-state index contributed by atoms with van der Waals surface area (Å²) in [5, 5.41) is 11.5. The Morgan fingerprint density at radius 3 is 2.54 bits per heavy atom. The maximum atomic E-state index is 12.3. The van der Waals surface area contributed by atoms with Gasteiger partial charge in [0.05, 0.1) is 17.0 Å². The lowest BCUT2D eigenvalue weighted by atomic mass is 10.0. The summed E-state index contributed by atoms with van der Waals surface area (Å²) in [4.78, 5) is 48.4. The van der Waals surface area contributed by atoms with Crippen LogP contribution in [0.4, 0.5) is 0 Å². The largest absolute Gasteiger partial charge is 0.481 e. The maximum Gasteiger partial charge on any atom is 0.308 e. The second-order valence-electron chi connectivity index (χ2n) is 5.51. The molecular weight excluding hydrogens is 380 g/mol. The van der Waals surface area contributed by atoms with Crippen LogP contribution in [-0.4, -0.2) is 46.8 Å². The van der Waals surface area contributed by atoms with Gasteiger partial charge in [0.25, 0.3) is 11.8 Å². The summed E-state index contributed by atoms with van der Waals surface area (Å²) in [5.41, 5.74) is 0.502. The lowest BCUT2D eigenvalue weighted by molar-refractivity contribution is -0.142. The van der Waals surface area contributed by atoms with Gasteiger partial charge in [0.1, 0.15) is 6.54 Å². The molecule has 0 saturated carbocycles. The van der Waals surface area contributed by atoms with Crippen molar-refractivity contribution < 1.29 is 24.3 Å². The fourth-order valence-electron chi connectivity index (χ4n) is 2.50. The molecule has 8 heteroatoms. The number of nitrogens with one attached hydrogen (secondary N) is 1. The molecule has 2 N–H and O–H groups in total. The number of carboxylic acid groups (broad SMARTS) is 1. The molecule has 1 aromatic rings. The number of halogens is 1. The van der Waals surface area contributed by atoms with Crippen molar-refractivity contribution in [3.05, 3.63) is 33.8 Å². The Balaban J connectivity index is 1.99. The quantitative estimate of drug-likeness (QED) is 0.682. The van der Waals surface area contributed by atoms with Crippen molar-refractivity contribution in [2.45, 2.75) is 19.8 Å². The number of fused-ring (bicyclic) bond motifs is 1. The number of carbonyl (C=O) groups excluding carboxylic acids is 3. The molecule has 0 fully saturated rings. The van der Waals surface area contributed by atoms with Gasteiger partial charge >= 0.3 is 5.97 Å². The molecular formula is C16H17BrN2O5. The average Bonchev–Trinajstić information content (AvgIpc) is 2.75. The van der Waals surface area contributed by atoms with Crippen LogP contribution in [0.15, 0.2) is 22.7 Å². The molecule has 1 heterocycles. The van der Waals surface area contributed by atoms with Gasteiger partial charge in [-0.3, -0.25) is 24.1 Å². The summed E-state index contributed by atoms with van der Waals surface area (Å²) in [6.45, 7) is 1.40.